The molecule has 176 valence electrons. The highest BCUT2D eigenvalue weighted by atomic mass is 32.1. The molecular formula is C20H25N5O6SSi. The zero-order chi connectivity index (χ0) is 24.2. The largest absolute Gasteiger partial charge is 0.394 e. The monoisotopic (exact) mass is 491 g/mol. The molecule has 0 unspecified atom stereocenters. The maximum Gasteiger partial charge on any atom is 0.269 e. The number of hydrogen-bond donors (Lipinski definition) is 4. The van der Waals surface area contributed by atoms with Crippen LogP contribution in [0.5, 0.6) is 0 Å². The van der Waals surface area contributed by atoms with Crippen molar-refractivity contribution >= 4 is 37.6 Å². The maximum absolute atomic E-state index is 12.3. The molecule has 3 N–H and O–H groups in total. The van der Waals surface area contributed by atoms with E-state index in [0.717, 1.165) is 0 Å². The molecule has 2 aromatic heterocycles. The maximum atomic E-state index is 12.3. The van der Waals surface area contributed by atoms with E-state index in [1.54, 1.807) is 16.7 Å². The molecule has 0 bridgehead atoms. The van der Waals surface area contributed by atoms with E-state index >= 15 is 0 Å². The summed E-state index contributed by atoms with van der Waals surface area (Å²) in [7, 11) is -2.69. The number of benzene rings is 1. The molecule has 0 spiro atoms. The Morgan fingerprint density at radius 2 is 1.91 bits per heavy atom. The van der Waals surface area contributed by atoms with Crippen molar-refractivity contribution in [2.75, 3.05) is 6.61 Å². The first-order chi connectivity index (χ1) is 15.5. The van der Waals surface area contributed by atoms with Gasteiger partial charge in [-0.1, -0.05) is 31.8 Å². The van der Waals surface area contributed by atoms with Gasteiger partial charge in [0.25, 0.3) is 5.69 Å². The van der Waals surface area contributed by atoms with E-state index < -0.39 is 42.8 Å². The molecule has 4 atom stereocenters. The van der Waals surface area contributed by atoms with Crippen LogP contribution in [0.3, 0.4) is 0 Å². The zero-order valence-corrected chi connectivity index (χ0v) is 20.2. The van der Waals surface area contributed by atoms with E-state index in [1.807, 2.05) is 19.6 Å². The Hall–Kier alpha value is -2.42. The van der Waals surface area contributed by atoms with Gasteiger partial charge < -0.3 is 20.1 Å². The third-order valence-electron chi connectivity index (χ3n) is 6.34. The van der Waals surface area contributed by atoms with Crippen LogP contribution in [-0.4, -0.2) is 71.9 Å². The van der Waals surface area contributed by atoms with Crippen molar-refractivity contribution < 1.29 is 25.0 Å². The van der Waals surface area contributed by atoms with E-state index in [-0.39, 0.29) is 12.1 Å². The number of aliphatic hydroxyl groups excluding tert-OH is 2. The molecule has 3 heterocycles. The van der Waals surface area contributed by atoms with Gasteiger partial charge in [-0.3, -0.25) is 14.7 Å². The van der Waals surface area contributed by atoms with Crippen molar-refractivity contribution in [3.63, 3.8) is 0 Å². The summed E-state index contributed by atoms with van der Waals surface area (Å²) in [4.78, 5) is 23.3. The topological polar surface area (TPSA) is 157 Å². The Morgan fingerprint density at radius 3 is 2.48 bits per heavy atom. The quantitative estimate of drug-likeness (QED) is 0.131. The number of fused-ring (bicyclic) bond motifs is 1. The van der Waals surface area contributed by atoms with Gasteiger partial charge in [-0.2, -0.15) is 0 Å². The standard InChI is InChI=1S/C20H25N5O6SSi/c1-33(2,3)20(28)16(27)14(9-26)31-19(20,8-12-4-6-13(7-5-12)25(29)30)24-11-23-15-17(24)21-10-22-18(15)32/h4-7,10-11,14,16,26-28H,8-9H2,1-3H3,(H,21,22,32)/t14-,16-,19-,20+/m1/s1. The number of non-ortho nitro benzene ring substituents is 1. The average Bonchev–Trinajstić information content (AvgIpc) is 3.29. The van der Waals surface area contributed by atoms with Crippen molar-refractivity contribution in [2.24, 2.45) is 0 Å². The molecule has 1 aliphatic heterocycles. The Bertz CT molecular complexity index is 1200. The lowest BCUT2D eigenvalue weighted by Crippen LogP contribution is -2.70. The van der Waals surface area contributed by atoms with Crippen molar-refractivity contribution in [1.82, 2.24) is 19.5 Å². The number of aromatic nitrogens is 4. The summed E-state index contributed by atoms with van der Waals surface area (Å²) in [5, 5.41) is 43.1. The molecule has 0 saturated carbocycles. The second-order valence-electron chi connectivity index (χ2n) is 9.17. The predicted molar refractivity (Wildman–Crippen MR) is 124 cm³/mol. The second kappa shape index (κ2) is 8.11. The normalized spacial score (nSPS) is 27.8. The van der Waals surface area contributed by atoms with Crippen LogP contribution in [0.1, 0.15) is 5.56 Å². The average molecular weight is 492 g/mol. The van der Waals surface area contributed by atoms with Crippen molar-refractivity contribution in [3.05, 3.63) is 52.6 Å². The summed E-state index contributed by atoms with van der Waals surface area (Å²) in [5.74, 6) is 0. The minimum Gasteiger partial charge on any atom is -0.394 e. The molecule has 0 radical (unpaired) electrons. The van der Waals surface area contributed by atoms with Crippen LogP contribution < -0.4 is 0 Å². The van der Waals surface area contributed by atoms with Crippen LogP contribution in [0, 0.1) is 10.1 Å². The van der Waals surface area contributed by atoms with Gasteiger partial charge >= 0.3 is 0 Å². The van der Waals surface area contributed by atoms with Gasteiger partial charge in [0.15, 0.2) is 11.4 Å². The van der Waals surface area contributed by atoms with Gasteiger partial charge in [-0.05, 0) is 5.56 Å². The number of nitro benzene ring substituents is 1. The molecule has 0 aliphatic carbocycles. The first kappa shape index (κ1) is 23.7. The van der Waals surface area contributed by atoms with E-state index in [1.165, 1.54) is 24.8 Å². The third kappa shape index (κ3) is 3.46. The number of rotatable bonds is 6. The molecule has 33 heavy (non-hydrogen) atoms. The van der Waals surface area contributed by atoms with Gasteiger partial charge in [-0.15, -0.1) is 12.6 Å². The molecule has 0 amide bonds. The molecular weight excluding hydrogens is 466 g/mol. The van der Waals surface area contributed by atoms with Crippen LogP contribution in [0.4, 0.5) is 5.69 Å². The van der Waals surface area contributed by atoms with Gasteiger partial charge in [0, 0.05) is 18.6 Å². The second-order valence-corrected chi connectivity index (χ2v) is 14.9. The van der Waals surface area contributed by atoms with Gasteiger partial charge in [0.2, 0.25) is 0 Å². The molecule has 11 nitrogen and oxygen atoms in total. The number of nitro groups is 1. The molecule has 4 rings (SSSR count). The molecule has 1 aliphatic rings. The van der Waals surface area contributed by atoms with Gasteiger partial charge in [0.05, 0.1) is 25.9 Å². The molecule has 1 aromatic carbocycles. The Kier molecular flexibility index (Phi) is 5.83. The number of nitrogens with zero attached hydrogens (tertiary/aromatic N) is 5. The van der Waals surface area contributed by atoms with E-state index in [2.05, 4.69) is 27.6 Å². The fraction of sp³-hybridized carbons (Fsp3) is 0.450. The Balaban J connectivity index is 1.99. The Morgan fingerprint density at radius 1 is 1.24 bits per heavy atom. The lowest BCUT2D eigenvalue weighted by molar-refractivity contribution is -0.384. The van der Waals surface area contributed by atoms with Crippen LogP contribution in [0.2, 0.25) is 19.6 Å². The molecule has 1 fully saturated rings. The third-order valence-corrected chi connectivity index (χ3v) is 9.64. The molecule has 1 saturated heterocycles. The number of aliphatic hydroxyl groups is 3. The van der Waals surface area contributed by atoms with Crippen LogP contribution in [0.25, 0.3) is 11.2 Å². The summed E-state index contributed by atoms with van der Waals surface area (Å²) < 4.78 is 7.87. The fourth-order valence-electron chi connectivity index (χ4n) is 4.67. The zero-order valence-electron chi connectivity index (χ0n) is 18.3. The summed E-state index contributed by atoms with van der Waals surface area (Å²) in [5.41, 5.74) is -0.366. The van der Waals surface area contributed by atoms with Crippen molar-refractivity contribution in [1.29, 1.82) is 0 Å². The minimum absolute atomic E-state index is 0.0245. The highest BCUT2D eigenvalue weighted by Crippen LogP contribution is 2.51. The molecule has 3 aromatic rings. The SMILES string of the molecule is C[Si](C)(C)[C@@]1(O)[C@H](O)[C@@H](CO)O[C@@]1(Cc1ccc([N+](=O)[O-])cc1)n1cnc2c(S)ncnc21. The van der Waals surface area contributed by atoms with Gasteiger partial charge in [-0.25, -0.2) is 15.0 Å². The summed E-state index contributed by atoms with van der Waals surface area (Å²) >= 11 is 4.34. The van der Waals surface area contributed by atoms with E-state index in [4.69, 9.17) is 4.74 Å². The van der Waals surface area contributed by atoms with Crippen LogP contribution >= 0.6 is 12.6 Å². The smallest absolute Gasteiger partial charge is 0.269 e. The number of thiol groups is 1. The number of hydrogen-bond acceptors (Lipinski definition) is 10. The van der Waals surface area contributed by atoms with Crippen LogP contribution in [0.15, 0.2) is 41.9 Å². The summed E-state index contributed by atoms with van der Waals surface area (Å²) in [6, 6.07) is 5.88. The first-order valence-electron chi connectivity index (χ1n) is 10.3. The Labute approximate surface area is 195 Å². The van der Waals surface area contributed by atoms with E-state index in [9.17, 15) is 25.4 Å². The minimum atomic E-state index is -2.69. The van der Waals surface area contributed by atoms with Crippen molar-refractivity contribution in [2.45, 2.75) is 54.2 Å². The summed E-state index contributed by atoms with van der Waals surface area (Å²) in [6.45, 7) is 5.15. The number of ether oxygens (including phenoxy) is 1. The lowest BCUT2D eigenvalue weighted by atomic mass is 9.93. The first-order valence-corrected chi connectivity index (χ1v) is 14.2. The fourth-order valence-corrected chi connectivity index (χ4v) is 7.39. The highest BCUT2D eigenvalue weighted by Gasteiger charge is 2.71. The number of imidazole rings is 1. The highest BCUT2D eigenvalue weighted by molar-refractivity contribution is 7.80. The predicted octanol–water partition coefficient (Wildman–Crippen LogP) is 1.28. The van der Waals surface area contributed by atoms with Gasteiger partial charge in [0.1, 0.15) is 34.3 Å². The van der Waals surface area contributed by atoms with E-state index in [0.29, 0.717) is 21.8 Å². The molecule has 13 heteroatoms. The summed E-state index contributed by atoms with van der Waals surface area (Å²) in [6.07, 6.45) is 0.306. The van der Waals surface area contributed by atoms with Crippen molar-refractivity contribution in [3.8, 4) is 0 Å². The van der Waals surface area contributed by atoms with Crippen LogP contribution in [-0.2, 0) is 16.9 Å². The lowest BCUT2D eigenvalue weighted by Gasteiger charge is -2.49.